The van der Waals surface area contributed by atoms with Crippen molar-refractivity contribution in [2.45, 2.75) is 20.0 Å². The van der Waals surface area contributed by atoms with Crippen LogP contribution in [0.5, 0.6) is 0 Å². The van der Waals surface area contributed by atoms with Gasteiger partial charge in [0.1, 0.15) is 0 Å². The normalized spacial score (nSPS) is 10.8. The van der Waals surface area contributed by atoms with Gasteiger partial charge in [-0.1, -0.05) is 0 Å². The maximum atomic E-state index is 5.88. The summed E-state index contributed by atoms with van der Waals surface area (Å²) in [7, 11) is 5.61. The van der Waals surface area contributed by atoms with Gasteiger partial charge in [0.25, 0.3) is 0 Å². The molecule has 1 heterocycles. The zero-order valence-electron chi connectivity index (χ0n) is 11.5. The Labute approximate surface area is 113 Å². The lowest BCUT2D eigenvalue weighted by Crippen LogP contribution is -2.27. The van der Waals surface area contributed by atoms with Crippen molar-refractivity contribution in [2.24, 2.45) is 0 Å². The molecule has 0 unspecified atom stereocenters. The molecule has 0 fully saturated rings. The maximum absolute atomic E-state index is 5.88. The zero-order chi connectivity index (χ0) is 13.7. The van der Waals surface area contributed by atoms with Gasteiger partial charge in [0.15, 0.2) is 0 Å². The van der Waals surface area contributed by atoms with Crippen molar-refractivity contribution >= 4 is 23.5 Å². The minimum Gasteiger partial charge on any atom is -0.377 e. The molecule has 0 aromatic carbocycles. The minimum atomic E-state index is 0.195. The highest BCUT2D eigenvalue weighted by atomic mass is 35.5. The van der Waals surface area contributed by atoms with E-state index in [1.807, 2.05) is 39.9 Å². The Morgan fingerprint density at radius 1 is 1.11 bits per heavy atom. The quantitative estimate of drug-likeness (QED) is 0.782. The van der Waals surface area contributed by atoms with Gasteiger partial charge < -0.3 is 14.5 Å². The summed E-state index contributed by atoms with van der Waals surface area (Å²) in [6.07, 6.45) is 0.220. The molecule has 0 spiro atoms. The fourth-order valence-electron chi connectivity index (χ4n) is 1.23. The van der Waals surface area contributed by atoms with Crippen LogP contribution in [-0.2, 0) is 4.74 Å². The standard InChI is InChI=1S/C11H20ClN5O/c1-8(2)18-7-6-17(5)11-14-9(12)13-10(15-11)16(3)4/h8H,6-7H2,1-5H3. The summed E-state index contributed by atoms with van der Waals surface area (Å²) in [5.41, 5.74) is 0. The van der Waals surface area contributed by atoms with Gasteiger partial charge in [0.05, 0.1) is 12.7 Å². The van der Waals surface area contributed by atoms with Crippen molar-refractivity contribution < 1.29 is 4.74 Å². The first-order valence-electron chi connectivity index (χ1n) is 5.81. The predicted octanol–water partition coefficient (Wildman–Crippen LogP) is 1.45. The van der Waals surface area contributed by atoms with Crippen LogP contribution < -0.4 is 9.80 Å². The Hall–Kier alpha value is -1.14. The Morgan fingerprint density at radius 3 is 2.28 bits per heavy atom. The highest BCUT2D eigenvalue weighted by molar-refractivity contribution is 6.28. The van der Waals surface area contributed by atoms with Crippen LogP contribution in [0.15, 0.2) is 0 Å². The van der Waals surface area contributed by atoms with Crippen LogP contribution >= 0.6 is 11.6 Å². The molecule has 0 radical (unpaired) electrons. The van der Waals surface area contributed by atoms with E-state index < -0.39 is 0 Å². The summed E-state index contributed by atoms with van der Waals surface area (Å²) in [6.45, 7) is 5.33. The molecule has 0 amide bonds. The van der Waals surface area contributed by atoms with Crippen LogP contribution in [0.4, 0.5) is 11.9 Å². The summed E-state index contributed by atoms with van der Waals surface area (Å²) < 4.78 is 5.49. The molecular weight excluding hydrogens is 254 g/mol. The van der Waals surface area contributed by atoms with Gasteiger partial charge in [0, 0.05) is 27.7 Å². The van der Waals surface area contributed by atoms with Crippen molar-refractivity contribution in [3.63, 3.8) is 0 Å². The molecule has 0 atom stereocenters. The lowest BCUT2D eigenvalue weighted by Gasteiger charge is -2.19. The van der Waals surface area contributed by atoms with Crippen molar-refractivity contribution in [3.05, 3.63) is 5.28 Å². The fraction of sp³-hybridized carbons (Fsp3) is 0.727. The van der Waals surface area contributed by atoms with Gasteiger partial charge in [-0.25, -0.2) is 0 Å². The third-order valence-electron chi connectivity index (χ3n) is 2.20. The maximum Gasteiger partial charge on any atom is 0.231 e. The Balaban J connectivity index is 2.69. The number of ether oxygens (including phenoxy) is 1. The predicted molar refractivity (Wildman–Crippen MR) is 73.5 cm³/mol. The lowest BCUT2D eigenvalue weighted by atomic mass is 10.5. The van der Waals surface area contributed by atoms with Crippen molar-refractivity contribution in [1.29, 1.82) is 0 Å². The van der Waals surface area contributed by atoms with E-state index in [2.05, 4.69) is 15.0 Å². The van der Waals surface area contributed by atoms with Crippen LogP contribution in [0.25, 0.3) is 0 Å². The number of anilines is 2. The molecule has 1 rings (SSSR count). The molecule has 102 valence electrons. The van der Waals surface area contributed by atoms with Crippen LogP contribution in [-0.4, -0.2) is 55.4 Å². The van der Waals surface area contributed by atoms with Crippen LogP contribution in [0.1, 0.15) is 13.8 Å². The number of hydrogen-bond donors (Lipinski definition) is 0. The molecule has 0 saturated heterocycles. The molecule has 0 aliphatic heterocycles. The first-order chi connectivity index (χ1) is 8.40. The molecule has 1 aromatic heterocycles. The molecule has 0 aliphatic carbocycles. The van der Waals surface area contributed by atoms with Crippen LogP contribution in [0, 0.1) is 0 Å². The molecule has 0 N–H and O–H groups in total. The third-order valence-corrected chi connectivity index (χ3v) is 2.37. The minimum absolute atomic E-state index is 0.195. The smallest absolute Gasteiger partial charge is 0.231 e. The molecule has 18 heavy (non-hydrogen) atoms. The topological polar surface area (TPSA) is 54.4 Å². The van der Waals surface area contributed by atoms with E-state index in [-0.39, 0.29) is 11.4 Å². The lowest BCUT2D eigenvalue weighted by molar-refractivity contribution is 0.0844. The largest absolute Gasteiger partial charge is 0.377 e. The fourth-order valence-corrected chi connectivity index (χ4v) is 1.38. The number of nitrogens with zero attached hydrogens (tertiary/aromatic N) is 5. The molecule has 0 bridgehead atoms. The molecule has 7 heteroatoms. The van der Waals surface area contributed by atoms with Gasteiger partial charge >= 0.3 is 0 Å². The van der Waals surface area contributed by atoms with E-state index in [1.54, 1.807) is 4.90 Å². The second kappa shape index (κ2) is 6.70. The van der Waals surface area contributed by atoms with Gasteiger partial charge in [-0.05, 0) is 25.4 Å². The first-order valence-corrected chi connectivity index (χ1v) is 6.19. The summed E-state index contributed by atoms with van der Waals surface area (Å²) >= 11 is 5.88. The van der Waals surface area contributed by atoms with E-state index in [0.717, 1.165) is 0 Å². The number of rotatable bonds is 6. The van der Waals surface area contributed by atoms with Crippen molar-refractivity contribution in [2.75, 3.05) is 44.1 Å². The van der Waals surface area contributed by atoms with E-state index in [0.29, 0.717) is 25.0 Å². The van der Waals surface area contributed by atoms with Crippen molar-refractivity contribution in [3.8, 4) is 0 Å². The molecule has 6 nitrogen and oxygen atoms in total. The number of hydrogen-bond acceptors (Lipinski definition) is 6. The molecule has 0 saturated carbocycles. The van der Waals surface area contributed by atoms with Crippen LogP contribution in [0.2, 0.25) is 5.28 Å². The second-order valence-electron chi connectivity index (χ2n) is 4.44. The van der Waals surface area contributed by atoms with Gasteiger partial charge in [-0.3, -0.25) is 0 Å². The summed E-state index contributed by atoms with van der Waals surface area (Å²) in [5, 5.41) is 0.195. The Morgan fingerprint density at radius 2 is 1.72 bits per heavy atom. The van der Waals surface area contributed by atoms with Gasteiger partial charge in [-0.2, -0.15) is 15.0 Å². The van der Waals surface area contributed by atoms with E-state index >= 15 is 0 Å². The Kier molecular flexibility index (Phi) is 5.55. The number of aromatic nitrogens is 3. The highest BCUT2D eigenvalue weighted by Gasteiger charge is 2.10. The average molecular weight is 274 g/mol. The summed E-state index contributed by atoms with van der Waals surface area (Å²) in [4.78, 5) is 16.1. The molecular formula is C11H20ClN5O. The highest BCUT2D eigenvalue weighted by Crippen LogP contribution is 2.13. The first kappa shape index (κ1) is 14.9. The van der Waals surface area contributed by atoms with E-state index in [4.69, 9.17) is 16.3 Å². The van der Waals surface area contributed by atoms with E-state index in [1.165, 1.54) is 0 Å². The van der Waals surface area contributed by atoms with Crippen molar-refractivity contribution in [1.82, 2.24) is 15.0 Å². The molecule has 0 aliphatic rings. The third kappa shape index (κ3) is 4.62. The zero-order valence-corrected chi connectivity index (χ0v) is 12.3. The summed E-state index contributed by atoms with van der Waals surface area (Å²) in [5.74, 6) is 1.09. The van der Waals surface area contributed by atoms with Crippen LogP contribution in [0.3, 0.4) is 0 Å². The number of halogens is 1. The Bertz CT molecular complexity index is 386. The van der Waals surface area contributed by atoms with Gasteiger partial charge in [-0.15, -0.1) is 0 Å². The summed E-state index contributed by atoms with van der Waals surface area (Å²) in [6, 6.07) is 0. The molecule has 1 aromatic rings. The second-order valence-corrected chi connectivity index (χ2v) is 4.78. The number of likely N-dealkylation sites (N-methyl/N-ethyl adjacent to an activating group) is 1. The SMILES string of the molecule is CC(C)OCCN(C)c1nc(Cl)nc(N(C)C)n1. The monoisotopic (exact) mass is 273 g/mol. The average Bonchev–Trinajstić information content (AvgIpc) is 2.27. The van der Waals surface area contributed by atoms with E-state index in [9.17, 15) is 0 Å². The van der Waals surface area contributed by atoms with Gasteiger partial charge in [0.2, 0.25) is 17.2 Å².